The first-order valence-electron chi connectivity index (χ1n) is 7.44. The van der Waals surface area contributed by atoms with Gasteiger partial charge in [-0.1, -0.05) is 48.0 Å². The van der Waals surface area contributed by atoms with E-state index >= 15 is 0 Å². The first-order chi connectivity index (χ1) is 11.3. The standard InChI is InChI=1S/C18H14ClN3O/c19-17-16(21-11-10-13-6-4-5-9-15(13)21)12-20-22(18(17)23)14-7-2-1-3-8-14/h1-9,12H,10-11H2. The normalized spacial score (nSPS) is 13.2. The topological polar surface area (TPSA) is 38.1 Å². The van der Waals surface area contributed by atoms with E-state index in [2.05, 4.69) is 16.1 Å². The van der Waals surface area contributed by atoms with Gasteiger partial charge >= 0.3 is 0 Å². The molecule has 0 amide bonds. The molecule has 4 nitrogen and oxygen atoms in total. The summed E-state index contributed by atoms with van der Waals surface area (Å²) in [6, 6.07) is 17.4. The zero-order valence-electron chi connectivity index (χ0n) is 12.3. The summed E-state index contributed by atoms with van der Waals surface area (Å²) < 4.78 is 1.33. The number of aromatic nitrogens is 2. The van der Waals surface area contributed by atoms with Gasteiger partial charge in [0.15, 0.2) is 0 Å². The molecule has 2 aromatic carbocycles. The molecule has 0 saturated carbocycles. The van der Waals surface area contributed by atoms with Crippen LogP contribution in [-0.4, -0.2) is 16.3 Å². The third-order valence-corrected chi connectivity index (χ3v) is 4.43. The third kappa shape index (κ3) is 2.32. The molecule has 0 bridgehead atoms. The Morgan fingerprint density at radius 3 is 2.52 bits per heavy atom. The van der Waals surface area contributed by atoms with Gasteiger partial charge in [0.25, 0.3) is 5.56 Å². The van der Waals surface area contributed by atoms with Crippen LogP contribution in [0.15, 0.2) is 65.6 Å². The van der Waals surface area contributed by atoms with Crippen molar-refractivity contribution >= 4 is 23.0 Å². The van der Waals surface area contributed by atoms with Crippen LogP contribution in [-0.2, 0) is 6.42 Å². The number of fused-ring (bicyclic) bond motifs is 1. The molecule has 0 aliphatic carbocycles. The molecule has 0 fully saturated rings. The van der Waals surface area contributed by atoms with Crippen molar-refractivity contribution < 1.29 is 0 Å². The van der Waals surface area contributed by atoms with Gasteiger partial charge in [-0.25, -0.2) is 0 Å². The minimum atomic E-state index is -0.306. The summed E-state index contributed by atoms with van der Waals surface area (Å²) in [6.07, 6.45) is 2.60. The Labute approximate surface area is 138 Å². The van der Waals surface area contributed by atoms with Crippen LogP contribution in [0.25, 0.3) is 5.69 Å². The molecule has 1 aliphatic rings. The highest BCUT2D eigenvalue weighted by Crippen LogP contribution is 2.36. The minimum absolute atomic E-state index is 0.195. The number of anilines is 2. The Morgan fingerprint density at radius 1 is 0.957 bits per heavy atom. The van der Waals surface area contributed by atoms with Crippen molar-refractivity contribution in [2.24, 2.45) is 0 Å². The predicted molar refractivity (Wildman–Crippen MR) is 92.0 cm³/mol. The molecule has 0 unspecified atom stereocenters. The van der Waals surface area contributed by atoms with E-state index in [1.54, 1.807) is 6.20 Å². The summed E-state index contributed by atoms with van der Waals surface area (Å²) in [5.74, 6) is 0. The van der Waals surface area contributed by atoms with Crippen molar-refractivity contribution in [2.45, 2.75) is 6.42 Å². The second-order valence-electron chi connectivity index (χ2n) is 5.43. The van der Waals surface area contributed by atoms with Gasteiger partial charge in [0.1, 0.15) is 5.02 Å². The summed E-state index contributed by atoms with van der Waals surface area (Å²) in [6.45, 7) is 0.801. The molecule has 1 aliphatic heterocycles. The van der Waals surface area contributed by atoms with Gasteiger partial charge in [0.2, 0.25) is 0 Å². The maximum atomic E-state index is 12.6. The van der Waals surface area contributed by atoms with E-state index < -0.39 is 0 Å². The fraction of sp³-hybridized carbons (Fsp3) is 0.111. The lowest BCUT2D eigenvalue weighted by atomic mass is 10.2. The van der Waals surface area contributed by atoms with E-state index in [9.17, 15) is 4.79 Å². The van der Waals surface area contributed by atoms with E-state index in [-0.39, 0.29) is 10.6 Å². The molecule has 0 spiro atoms. The third-order valence-electron chi connectivity index (χ3n) is 4.08. The Kier molecular flexibility index (Phi) is 3.39. The van der Waals surface area contributed by atoms with E-state index in [4.69, 9.17) is 11.6 Å². The highest BCUT2D eigenvalue weighted by Gasteiger charge is 2.23. The van der Waals surface area contributed by atoms with Crippen molar-refractivity contribution in [3.63, 3.8) is 0 Å². The number of nitrogens with zero attached hydrogens (tertiary/aromatic N) is 3. The number of benzene rings is 2. The van der Waals surface area contributed by atoms with Crippen LogP contribution in [0.5, 0.6) is 0 Å². The van der Waals surface area contributed by atoms with Crippen LogP contribution >= 0.6 is 11.6 Å². The van der Waals surface area contributed by atoms with Crippen LogP contribution in [0.2, 0.25) is 5.02 Å². The van der Waals surface area contributed by atoms with Crippen LogP contribution in [0.4, 0.5) is 11.4 Å². The summed E-state index contributed by atoms with van der Waals surface area (Å²) in [5, 5.41) is 4.50. The zero-order valence-corrected chi connectivity index (χ0v) is 13.1. The molecular formula is C18H14ClN3O. The Bertz CT molecular complexity index is 921. The molecule has 0 radical (unpaired) electrons. The van der Waals surface area contributed by atoms with Gasteiger partial charge in [-0.05, 0) is 30.2 Å². The number of halogens is 1. The summed E-state index contributed by atoms with van der Waals surface area (Å²) in [4.78, 5) is 14.7. The molecule has 1 aromatic heterocycles. The summed E-state index contributed by atoms with van der Waals surface area (Å²) >= 11 is 6.38. The fourth-order valence-corrected chi connectivity index (χ4v) is 3.18. The van der Waals surface area contributed by atoms with E-state index in [1.165, 1.54) is 10.2 Å². The first kappa shape index (κ1) is 14.0. The fourth-order valence-electron chi connectivity index (χ4n) is 2.95. The van der Waals surface area contributed by atoms with E-state index in [1.807, 2.05) is 48.5 Å². The average molecular weight is 324 g/mol. The Balaban J connectivity index is 1.81. The van der Waals surface area contributed by atoms with Gasteiger partial charge in [-0.2, -0.15) is 9.78 Å². The highest BCUT2D eigenvalue weighted by molar-refractivity contribution is 6.33. The van der Waals surface area contributed by atoms with Gasteiger partial charge in [-0.3, -0.25) is 4.79 Å². The monoisotopic (exact) mass is 323 g/mol. The molecule has 5 heteroatoms. The Hall–Kier alpha value is -2.59. The predicted octanol–water partition coefficient (Wildman–Crippen LogP) is 3.58. The average Bonchev–Trinajstić information content (AvgIpc) is 3.02. The number of para-hydroxylation sites is 2. The highest BCUT2D eigenvalue weighted by atomic mass is 35.5. The molecular weight excluding hydrogens is 310 g/mol. The smallest absolute Gasteiger partial charge is 0.292 e. The second kappa shape index (κ2) is 5.56. The molecule has 114 valence electrons. The molecule has 4 rings (SSSR count). The number of rotatable bonds is 2. The van der Waals surface area contributed by atoms with Crippen LogP contribution < -0.4 is 10.5 Å². The van der Waals surface area contributed by atoms with Crippen molar-refractivity contribution in [1.82, 2.24) is 9.78 Å². The zero-order chi connectivity index (χ0) is 15.8. The van der Waals surface area contributed by atoms with Gasteiger partial charge in [0, 0.05) is 12.2 Å². The van der Waals surface area contributed by atoms with Gasteiger partial charge in [-0.15, -0.1) is 0 Å². The van der Waals surface area contributed by atoms with Gasteiger partial charge < -0.3 is 4.90 Å². The summed E-state index contributed by atoms with van der Waals surface area (Å²) in [7, 11) is 0. The molecule has 2 heterocycles. The molecule has 0 saturated heterocycles. The molecule has 0 atom stereocenters. The lowest BCUT2D eigenvalue weighted by Gasteiger charge is -2.20. The van der Waals surface area contributed by atoms with Crippen molar-refractivity contribution in [3.05, 3.63) is 81.7 Å². The maximum Gasteiger partial charge on any atom is 0.292 e. The van der Waals surface area contributed by atoms with Crippen LogP contribution in [0, 0.1) is 0 Å². The van der Waals surface area contributed by atoms with E-state index in [0.29, 0.717) is 11.4 Å². The number of hydrogen-bond acceptors (Lipinski definition) is 3. The van der Waals surface area contributed by atoms with Gasteiger partial charge in [0.05, 0.1) is 17.6 Å². The molecule has 0 N–H and O–H groups in total. The summed E-state index contributed by atoms with van der Waals surface area (Å²) in [5.41, 5.74) is 3.41. The molecule has 23 heavy (non-hydrogen) atoms. The minimum Gasteiger partial charge on any atom is -0.338 e. The second-order valence-corrected chi connectivity index (χ2v) is 5.80. The lowest BCUT2D eigenvalue weighted by Crippen LogP contribution is -2.25. The van der Waals surface area contributed by atoms with Crippen LogP contribution in [0.1, 0.15) is 5.56 Å². The van der Waals surface area contributed by atoms with E-state index in [0.717, 1.165) is 18.7 Å². The molecule has 3 aromatic rings. The quantitative estimate of drug-likeness (QED) is 0.723. The van der Waals surface area contributed by atoms with Crippen molar-refractivity contribution in [3.8, 4) is 5.69 Å². The van der Waals surface area contributed by atoms with Crippen molar-refractivity contribution in [1.29, 1.82) is 0 Å². The lowest BCUT2D eigenvalue weighted by molar-refractivity contribution is 0.802. The largest absolute Gasteiger partial charge is 0.338 e. The Morgan fingerprint density at radius 2 is 1.70 bits per heavy atom. The SMILES string of the molecule is O=c1c(Cl)c(N2CCc3ccccc32)cnn1-c1ccccc1. The maximum absolute atomic E-state index is 12.6. The van der Waals surface area contributed by atoms with Crippen molar-refractivity contribution in [2.75, 3.05) is 11.4 Å². The van der Waals surface area contributed by atoms with Crippen LogP contribution in [0.3, 0.4) is 0 Å². The number of hydrogen-bond donors (Lipinski definition) is 0. The first-order valence-corrected chi connectivity index (χ1v) is 7.82.